The molecule has 1 N–H and O–H groups in total. The lowest BCUT2D eigenvalue weighted by molar-refractivity contribution is -0.122. The molecule has 0 saturated heterocycles. The third-order valence-electron chi connectivity index (χ3n) is 5.39. The summed E-state index contributed by atoms with van der Waals surface area (Å²) in [6, 6.07) is 10.2. The largest absolute Gasteiger partial charge is 0.485 e. The van der Waals surface area contributed by atoms with Gasteiger partial charge in [-0.2, -0.15) is 0 Å². The molecule has 34 heavy (non-hydrogen) atoms. The van der Waals surface area contributed by atoms with Crippen LogP contribution >= 0.6 is 11.6 Å². The monoisotopic (exact) mass is 487 g/mol. The van der Waals surface area contributed by atoms with Gasteiger partial charge in [0.2, 0.25) is 5.91 Å². The number of benzene rings is 2. The van der Waals surface area contributed by atoms with Crippen LogP contribution < -0.4 is 19.7 Å². The second kappa shape index (κ2) is 11.9. The van der Waals surface area contributed by atoms with E-state index < -0.39 is 0 Å². The van der Waals surface area contributed by atoms with Crippen LogP contribution in [0.4, 0.5) is 5.69 Å². The highest BCUT2D eigenvalue weighted by Gasteiger charge is 2.26. The van der Waals surface area contributed by atoms with Gasteiger partial charge in [0.25, 0.3) is 5.91 Å². The summed E-state index contributed by atoms with van der Waals surface area (Å²) in [5.74, 6) is 0.589. The molecule has 0 fully saturated rings. The molecule has 9 heteroatoms. The van der Waals surface area contributed by atoms with Crippen LogP contribution in [0, 0.1) is 6.92 Å². The molecule has 2 aromatic carbocycles. The van der Waals surface area contributed by atoms with E-state index in [1.807, 2.05) is 25.9 Å². The average molecular weight is 488 g/mol. The topological polar surface area (TPSA) is 88.2 Å². The third kappa shape index (κ3) is 6.95. The normalized spacial score (nSPS) is 12.9. The van der Waals surface area contributed by atoms with Gasteiger partial charge in [-0.1, -0.05) is 11.6 Å². The molecule has 182 valence electrons. The van der Waals surface area contributed by atoms with Crippen molar-refractivity contribution in [2.45, 2.75) is 19.8 Å². The number of nitrogens with zero attached hydrogens (tertiary/aromatic N) is 2. The standard InChI is InChI=1S/C25H30ClN3O5/c1-17-13-19(7-8-20(17)26)33-15-22(30)18-6-9-23-21(14-18)29(25(32)16-34-23)11-4-5-24(31)27-10-12-28(2)3/h6-9,13-14H,4-5,10-12,15-16H2,1-3H3,(H,27,31). The van der Waals surface area contributed by atoms with E-state index in [1.54, 1.807) is 41.3 Å². The van der Waals surface area contributed by atoms with Gasteiger partial charge in [0, 0.05) is 36.6 Å². The molecule has 1 aliphatic rings. The Hall–Kier alpha value is -3.10. The van der Waals surface area contributed by atoms with Crippen molar-refractivity contribution in [3.8, 4) is 11.5 Å². The van der Waals surface area contributed by atoms with Crippen molar-refractivity contribution in [2.75, 3.05) is 51.8 Å². The fourth-order valence-electron chi connectivity index (χ4n) is 3.46. The molecular weight excluding hydrogens is 458 g/mol. The molecule has 3 rings (SSSR count). The second-order valence-corrected chi connectivity index (χ2v) is 8.80. The van der Waals surface area contributed by atoms with E-state index in [4.69, 9.17) is 21.1 Å². The Kier molecular flexibility index (Phi) is 8.90. The van der Waals surface area contributed by atoms with Crippen LogP contribution in [0.15, 0.2) is 36.4 Å². The van der Waals surface area contributed by atoms with E-state index in [-0.39, 0.29) is 30.8 Å². The summed E-state index contributed by atoms with van der Waals surface area (Å²) in [5, 5.41) is 3.49. The third-order valence-corrected chi connectivity index (χ3v) is 5.81. The Morgan fingerprint density at radius 1 is 1.21 bits per heavy atom. The first-order valence-electron chi connectivity index (χ1n) is 11.2. The summed E-state index contributed by atoms with van der Waals surface area (Å²) in [7, 11) is 3.88. The fraction of sp³-hybridized carbons (Fsp3) is 0.400. The number of nitrogens with one attached hydrogen (secondary N) is 1. The van der Waals surface area contributed by atoms with Crippen LogP contribution in [0.5, 0.6) is 11.5 Å². The van der Waals surface area contributed by atoms with Gasteiger partial charge in [0.1, 0.15) is 11.5 Å². The molecular formula is C25H30ClN3O5. The quantitative estimate of drug-likeness (QED) is 0.490. The second-order valence-electron chi connectivity index (χ2n) is 8.40. The molecule has 1 heterocycles. The maximum Gasteiger partial charge on any atom is 0.265 e. The highest BCUT2D eigenvalue weighted by atomic mass is 35.5. The van der Waals surface area contributed by atoms with Crippen molar-refractivity contribution in [3.63, 3.8) is 0 Å². The van der Waals surface area contributed by atoms with Gasteiger partial charge in [0.05, 0.1) is 5.69 Å². The summed E-state index contributed by atoms with van der Waals surface area (Å²) >= 11 is 6.03. The molecule has 2 amide bonds. The smallest absolute Gasteiger partial charge is 0.265 e. The number of ketones is 1. The van der Waals surface area contributed by atoms with Crippen molar-refractivity contribution in [1.29, 1.82) is 0 Å². The molecule has 0 spiro atoms. The molecule has 2 aromatic rings. The molecule has 0 radical (unpaired) electrons. The summed E-state index contributed by atoms with van der Waals surface area (Å²) in [6.07, 6.45) is 0.802. The maximum absolute atomic E-state index is 12.7. The van der Waals surface area contributed by atoms with Crippen LogP contribution in [-0.4, -0.2) is 69.4 Å². The lowest BCUT2D eigenvalue weighted by Gasteiger charge is -2.29. The Labute approximate surface area is 204 Å². The SMILES string of the molecule is Cc1cc(OCC(=O)c2ccc3c(c2)N(CCCC(=O)NCCN(C)C)C(=O)CO3)ccc1Cl. The van der Waals surface area contributed by atoms with E-state index in [0.29, 0.717) is 53.7 Å². The fourth-order valence-corrected chi connectivity index (χ4v) is 3.58. The van der Waals surface area contributed by atoms with Gasteiger partial charge >= 0.3 is 0 Å². The average Bonchev–Trinajstić information content (AvgIpc) is 2.80. The molecule has 8 nitrogen and oxygen atoms in total. The first kappa shape index (κ1) is 25.5. The summed E-state index contributed by atoms with van der Waals surface area (Å²) < 4.78 is 11.1. The zero-order valence-corrected chi connectivity index (χ0v) is 20.5. The lowest BCUT2D eigenvalue weighted by Crippen LogP contribution is -2.40. The predicted molar refractivity (Wildman–Crippen MR) is 131 cm³/mol. The number of Topliss-reactive ketones (excluding diaryl/α,β-unsaturated/α-hetero) is 1. The van der Waals surface area contributed by atoms with Crippen LogP contribution in [-0.2, 0) is 9.59 Å². The number of likely N-dealkylation sites (N-methyl/N-ethyl adjacent to an activating group) is 1. The van der Waals surface area contributed by atoms with Gasteiger partial charge in [-0.15, -0.1) is 0 Å². The van der Waals surface area contributed by atoms with Crippen molar-refractivity contribution < 1.29 is 23.9 Å². The van der Waals surface area contributed by atoms with Gasteiger partial charge in [-0.05, 0) is 69.4 Å². The summed E-state index contributed by atoms with van der Waals surface area (Å²) in [5.41, 5.74) is 1.80. The number of amides is 2. The maximum atomic E-state index is 12.7. The van der Waals surface area contributed by atoms with Gasteiger partial charge < -0.3 is 24.6 Å². The minimum Gasteiger partial charge on any atom is -0.485 e. The summed E-state index contributed by atoms with van der Waals surface area (Å²) in [4.78, 5) is 40.9. The van der Waals surface area contributed by atoms with E-state index in [1.165, 1.54) is 0 Å². The molecule has 0 saturated carbocycles. The number of aryl methyl sites for hydroxylation is 1. The van der Waals surface area contributed by atoms with Crippen LogP contribution in [0.3, 0.4) is 0 Å². The van der Waals surface area contributed by atoms with Crippen molar-refractivity contribution >= 4 is 34.9 Å². The predicted octanol–water partition coefficient (Wildman–Crippen LogP) is 3.09. The Bertz CT molecular complexity index is 1060. The van der Waals surface area contributed by atoms with Gasteiger partial charge in [-0.25, -0.2) is 0 Å². The van der Waals surface area contributed by atoms with Crippen LogP contribution in [0.2, 0.25) is 5.02 Å². The molecule has 0 aliphatic carbocycles. The number of hydrogen-bond acceptors (Lipinski definition) is 6. The highest BCUT2D eigenvalue weighted by molar-refractivity contribution is 6.31. The highest BCUT2D eigenvalue weighted by Crippen LogP contribution is 2.33. The van der Waals surface area contributed by atoms with E-state index >= 15 is 0 Å². The molecule has 0 bridgehead atoms. The minimum atomic E-state index is -0.228. The Balaban J connectivity index is 1.60. The van der Waals surface area contributed by atoms with Crippen molar-refractivity contribution in [3.05, 3.63) is 52.5 Å². The van der Waals surface area contributed by atoms with Crippen LogP contribution in [0.1, 0.15) is 28.8 Å². The van der Waals surface area contributed by atoms with Gasteiger partial charge in [-0.3, -0.25) is 14.4 Å². The minimum absolute atomic E-state index is 0.0544. The number of carbonyl (C=O) groups is 3. The molecule has 1 aliphatic heterocycles. The molecule has 0 unspecified atom stereocenters. The Morgan fingerprint density at radius 2 is 2.00 bits per heavy atom. The van der Waals surface area contributed by atoms with E-state index in [0.717, 1.165) is 12.1 Å². The van der Waals surface area contributed by atoms with Crippen LogP contribution in [0.25, 0.3) is 0 Å². The zero-order valence-electron chi connectivity index (χ0n) is 19.7. The zero-order chi connectivity index (χ0) is 24.7. The number of rotatable bonds is 11. The number of halogens is 1. The molecule has 0 aromatic heterocycles. The van der Waals surface area contributed by atoms with Crippen molar-refractivity contribution in [1.82, 2.24) is 10.2 Å². The number of anilines is 1. The van der Waals surface area contributed by atoms with E-state index in [9.17, 15) is 14.4 Å². The molecule has 0 atom stereocenters. The first-order valence-corrected chi connectivity index (χ1v) is 11.5. The number of carbonyl (C=O) groups excluding carboxylic acids is 3. The number of ether oxygens (including phenoxy) is 2. The van der Waals surface area contributed by atoms with E-state index in [2.05, 4.69) is 5.32 Å². The van der Waals surface area contributed by atoms with Crippen molar-refractivity contribution in [2.24, 2.45) is 0 Å². The lowest BCUT2D eigenvalue weighted by atomic mass is 10.1. The van der Waals surface area contributed by atoms with Gasteiger partial charge in [0.15, 0.2) is 19.0 Å². The first-order chi connectivity index (χ1) is 16.2. The Morgan fingerprint density at radius 3 is 2.74 bits per heavy atom. The number of hydrogen-bond donors (Lipinski definition) is 1. The summed E-state index contributed by atoms with van der Waals surface area (Å²) in [6.45, 7) is 3.33. The number of fused-ring (bicyclic) bond motifs is 1.